The number of hydrogen-bond donors (Lipinski definition) is 0. The summed E-state index contributed by atoms with van der Waals surface area (Å²) in [6, 6.07) is 0. The van der Waals surface area contributed by atoms with E-state index in [-0.39, 0.29) is 5.75 Å². The fourth-order valence-corrected chi connectivity index (χ4v) is 0.439. The summed E-state index contributed by atoms with van der Waals surface area (Å²) in [7, 11) is 1.36. The van der Waals surface area contributed by atoms with Crippen molar-refractivity contribution in [2.75, 3.05) is 7.11 Å². The first kappa shape index (κ1) is 5.94. The Labute approximate surface area is 51.5 Å². The molecule has 0 N–H and O–H groups in total. The lowest BCUT2D eigenvalue weighted by atomic mass is 10.6. The molecule has 0 unspecified atom stereocenters. The molecule has 0 amide bonds. The van der Waals surface area contributed by atoms with Crippen LogP contribution in [-0.2, 0) is 0 Å². The van der Waals surface area contributed by atoms with Crippen molar-refractivity contribution in [1.82, 2.24) is 9.97 Å². The highest BCUT2D eigenvalue weighted by molar-refractivity contribution is 5.11. The number of methoxy groups -OCH3 is 1. The van der Waals surface area contributed by atoms with Gasteiger partial charge in [-0.3, -0.25) is 0 Å². The second kappa shape index (κ2) is 2.39. The first-order chi connectivity index (χ1) is 4.34. The van der Waals surface area contributed by atoms with Crippen molar-refractivity contribution < 1.29 is 9.13 Å². The van der Waals surface area contributed by atoms with Crippen LogP contribution in [0.4, 0.5) is 4.39 Å². The van der Waals surface area contributed by atoms with Gasteiger partial charge in [-0.25, -0.2) is 9.97 Å². The number of rotatable bonds is 1. The van der Waals surface area contributed by atoms with Crippen LogP contribution in [0.3, 0.4) is 0 Å². The monoisotopic (exact) mass is 128 g/mol. The smallest absolute Gasteiger partial charge is 0.258 e. The summed E-state index contributed by atoms with van der Waals surface area (Å²) in [5.74, 6) is -0.565. The van der Waals surface area contributed by atoms with Crippen molar-refractivity contribution in [3.05, 3.63) is 18.5 Å². The van der Waals surface area contributed by atoms with Crippen LogP contribution in [-0.4, -0.2) is 17.1 Å². The molecule has 0 fully saturated rings. The minimum absolute atomic E-state index is 0.0671. The number of nitrogens with zero attached hydrogens (tertiary/aromatic N) is 2. The summed E-state index contributed by atoms with van der Waals surface area (Å²) >= 11 is 0. The van der Waals surface area contributed by atoms with Crippen LogP contribution in [0.1, 0.15) is 0 Å². The van der Waals surface area contributed by atoms with Gasteiger partial charge >= 0.3 is 0 Å². The van der Waals surface area contributed by atoms with Gasteiger partial charge in [-0.2, -0.15) is 4.39 Å². The Hall–Kier alpha value is -1.19. The zero-order chi connectivity index (χ0) is 6.69. The molecular weight excluding hydrogens is 123 g/mol. The second-order valence-corrected chi connectivity index (χ2v) is 1.38. The molecule has 0 saturated carbocycles. The molecule has 1 heterocycles. The normalized spacial score (nSPS) is 9.11. The molecule has 0 radical (unpaired) electrons. The van der Waals surface area contributed by atoms with Gasteiger partial charge in [0.15, 0.2) is 5.75 Å². The number of halogens is 1. The van der Waals surface area contributed by atoms with Crippen LogP contribution in [0.25, 0.3) is 0 Å². The summed E-state index contributed by atoms with van der Waals surface area (Å²) < 4.78 is 16.9. The van der Waals surface area contributed by atoms with E-state index in [0.717, 1.165) is 6.33 Å². The predicted molar refractivity (Wildman–Crippen MR) is 28.5 cm³/mol. The van der Waals surface area contributed by atoms with Gasteiger partial charge in [0.25, 0.3) is 5.95 Å². The molecule has 0 atom stereocenters. The molecule has 0 bridgehead atoms. The lowest BCUT2D eigenvalue weighted by Gasteiger charge is -1.95. The Morgan fingerprint density at radius 3 is 2.89 bits per heavy atom. The number of ether oxygens (including phenoxy) is 1. The molecule has 4 heteroatoms. The minimum Gasteiger partial charge on any atom is -0.491 e. The van der Waals surface area contributed by atoms with Crippen molar-refractivity contribution in [1.29, 1.82) is 0 Å². The average molecular weight is 128 g/mol. The molecule has 0 aliphatic rings. The average Bonchev–Trinajstić information content (AvgIpc) is 1.89. The molecule has 0 saturated heterocycles. The SMILES string of the molecule is COc1cncnc1F. The predicted octanol–water partition coefficient (Wildman–Crippen LogP) is 0.624. The molecular formula is C5H5FN2O. The van der Waals surface area contributed by atoms with E-state index in [1.807, 2.05) is 0 Å². The van der Waals surface area contributed by atoms with Gasteiger partial charge in [0, 0.05) is 0 Å². The molecule has 0 aliphatic heterocycles. The van der Waals surface area contributed by atoms with E-state index in [2.05, 4.69) is 14.7 Å². The van der Waals surface area contributed by atoms with Crippen LogP contribution in [0.5, 0.6) is 5.75 Å². The van der Waals surface area contributed by atoms with E-state index in [4.69, 9.17) is 0 Å². The van der Waals surface area contributed by atoms with E-state index >= 15 is 0 Å². The van der Waals surface area contributed by atoms with Crippen LogP contribution >= 0.6 is 0 Å². The minimum atomic E-state index is -0.632. The van der Waals surface area contributed by atoms with Crippen molar-refractivity contribution >= 4 is 0 Å². The highest BCUT2D eigenvalue weighted by Gasteiger charge is 1.98. The molecule has 0 aromatic carbocycles. The lowest BCUT2D eigenvalue weighted by Crippen LogP contribution is -1.91. The van der Waals surface area contributed by atoms with Crippen LogP contribution in [0.2, 0.25) is 0 Å². The van der Waals surface area contributed by atoms with E-state index in [1.165, 1.54) is 13.3 Å². The maximum Gasteiger partial charge on any atom is 0.258 e. The van der Waals surface area contributed by atoms with Crippen molar-refractivity contribution in [3.8, 4) is 5.75 Å². The largest absolute Gasteiger partial charge is 0.491 e. The van der Waals surface area contributed by atoms with Gasteiger partial charge in [0.1, 0.15) is 6.33 Å². The molecule has 1 aromatic rings. The fourth-order valence-electron chi connectivity index (χ4n) is 0.439. The van der Waals surface area contributed by atoms with Crippen molar-refractivity contribution in [2.24, 2.45) is 0 Å². The maximum absolute atomic E-state index is 12.3. The number of aromatic nitrogens is 2. The van der Waals surface area contributed by atoms with E-state index in [0.29, 0.717) is 0 Å². The number of hydrogen-bond acceptors (Lipinski definition) is 3. The topological polar surface area (TPSA) is 35.0 Å². The molecule has 1 aromatic heterocycles. The first-order valence-corrected chi connectivity index (χ1v) is 2.34. The van der Waals surface area contributed by atoms with Crippen molar-refractivity contribution in [3.63, 3.8) is 0 Å². The zero-order valence-corrected chi connectivity index (χ0v) is 4.84. The van der Waals surface area contributed by atoms with Crippen molar-refractivity contribution in [2.45, 2.75) is 0 Å². The van der Waals surface area contributed by atoms with E-state index in [1.54, 1.807) is 0 Å². The van der Waals surface area contributed by atoms with E-state index < -0.39 is 5.95 Å². The molecule has 0 spiro atoms. The molecule has 3 nitrogen and oxygen atoms in total. The van der Waals surface area contributed by atoms with Gasteiger partial charge in [0.05, 0.1) is 13.3 Å². The molecule has 48 valence electrons. The Morgan fingerprint density at radius 1 is 1.67 bits per heavy atom. The third-order valence-electron chi connectivity index (χ3n) is 0.853. The van der Waals surface area contributed by atoms with Gasteiger partial charge in [0.2, 0.25) is 0 Å². The summed E-state index contributed by atoms with van der Waals surface area (Å²) in [5, 5.41) is 0. The highest BCUT2D eigenvalue weighted by Crippen LogP contribution is 2.08. The zero-order valence-electron chi connectivity index (χ0n) is 4.84. The van der Waals surface area contributed by atoms with E-state index in [9.17, 15) is 4.39 Å². The summed E-state index contributed by atoms with van der Waals surface area (Å²) in [6.45, 7) is 0. The van der Waals surface area contributed by atoms with Gasteiger partial charge in [-0.1, -0.05) is 0 Å². The van der Waals surface area contributed by atoms with Gasteiger partial charge in [-0.15, -0.1) is 0 Å². The Kier molecular flexibility index (Phi) is 1.58. The summed E-state index contributed by atoms with van der Waals surface area (Å²) in [4.78, 5) is 6.79. The summed E-state index contributed by atoms with van der Waals surface area (Å²) in [6.07, 6.45) is 2.39. The Morgan fingerprint density at radius 2 is 2.44 bits per heavy atom. The first-order valence-electron chi connectivity index (χ1n) is 2.34. The standard InChI is InChI=1S/C5H5FN2O/c1-9-4-2-7-3-8-5(4)6/h2-3H,1H3. The highest BCUT2D eigenvalue weighted by atomic mass is 19.1. The van der Waals surface area contributed by atoms with Crippen LogP contribution in [0, 0.1) is 5.95 Å². The van der Waals surface area contributed by atoms with Crippen LogP contribution < -0.4 is 4.74 Å². The summed E-state index contributed by atoms with van der Waals surface area (Å²) in [5.41, 5.74) is 0. The second-order valence-electron chi connectivity index (χ2n) is 1.38. The Balaban J connectivity index is 3.01. The third-order valence-corrected chi connectivity index (χ3v) is 0.853. The van der Waals surface area contributed by atoms with Crippen LogP contribution in [0.15, 0.2) is 12.5 Å². The molecule has 9 heavy (non-hydrogen) atoms. The van der Waals surface area contributed by atoms with Gasteiger partial charge in [-0.05, 0) is 0 Å². The molecule has 0 aliphatic carbocycles. The Bertz CT molecular complexity index is 204. The quantitative estimate of drug-likeness (QED) is 0.520. The van der Waals surface area contributed by atoms with Gasteiger partial charge < -0.3 is 4.74 Å². The maximum atomic E-state index is 12.3. The molecule has 1 rings (SSSR count). The fraction of sp³-hybridized carbons (Fsp3) is 0.200. The lowest BCUT2D eigenvalue weighted by molar-refractivity contribution is 0.375. The third kappa shape index (κ3) is 1.13.